The molecule has 2 rings (SSSR count). The average molecular weight is 328 g/mol. The van der Waals surface area contributed by atoms with E-state index in [-0.39, 0.29) is 6.61 Å². The maximum Gasteiger partial charge on any atom is 0.203 e. The quantitative estimate of drug-likeness (QED) is 0.827. The van der Waals surface area contributed by atoms with Crippen molar-refractivity contribution in [3.63, 3.8) is 0 Å². The van der Waals surface area contributed by atoms with E-state index >= 15 is 0 Å². The van der Waals surface area contributed by atoms with E-state index in [1.165, 1.54) is 21.3 Å². The molecular weight excluding hydrogens is 308 g/mol. The first kappa shape index (κ1) is 17.5. The van der Waals surface area contributed by atoms with E-state index in [0.29, 0.717) is 22.8 Å². The number of hydrogen-bond acceptors (Lipinski definition) is 5. The van der Waals surface area contributed by atoms with E-state index < -0.39 is 6.10 Å². The summed E-state index contributed by atoms with van der Waals surface area (Å²) in [5.74, 6) is 7.67. The predicted octanol–water partition coefficient (Wildman–Crippen LogP) is 2.83. The van der Waals surface area contributed by atoms with Crippen LogP contribution in [0, 0.1) is 11.8 Å². The van der Waals surface area contributed by atoms with Gasteiger partial charge in [-0.15, -0.1) is 0 Å². The second kappa shape index (κ2) is 8.70. The Morgan fingerprint density at radius 2 is 1.58 bits per heavy atom. The van der Waals surface area contributed by atoms with Gasteiger partial charge in [0.25, 0.3) is 0 Å². The van der Waals surface area contributed by atoms with Crippen LogP contribution in [0.1, 0.15) is 11.7 Å². The van der Waals surface area contributed by atoms with Crippen molar-refractivity contribution < 1.29 is 24.1 Å². The highest BCUT2D eigenvalue weighted by molar-refractivity contribution is 5.54. The molecule has 0 aliphatic rings. The minimum Gasteiger partial charge on any atom is -0.493 e. The van der Waals surface area contributed by atoms with Gasteiger partial charge in [0.1, 0.15) is 18.5 Å². The van der Waals surface area contributed by atoms with Gasteiger partial charge in [-0.1, -0.05) is 30.0 Å². The lowest BCUT2D eigenvalue weighted by molar-refractivity contribution is 0.235. The van der Waals surface area contributed by atoms with E-state index in [2.05, 4.69) is 11.8 Å². The Hall–Kier alpha value is -2.84. The van der Waals surface area contributed by atoms with E-state index in [1.807, 2.05) is 30.3 Å². The Balaban J connectivity index is 2.09. The van der Waals surface area contributed by atoms with Gasteiger partial charge in [-0.05, 0) is 24.3 Å². The van der Waals surface area contributed by atoms with Crippen molar-refractivity contribution in [2.24, 2.45) is 0 Å². The molecule has 0 aliphatic heterocycles. The number of benzene rings is 2. The van der Waals surface area contributed by atoms with Crippen molar-refractivity contribution >= 4 is 0 Å². The molecule has 0 spiro atoms. The second-order valence-corrected chi connectivity index (χ2v) is 4.78. The van der Waals surface area contributed by atoms with Crippen LogP contribution in [0.25, 0.3) is 0 Å². The zero-order valence-electron chi connectivity index (χ0n) is 13.9. The third-order valence-electron chi connectivity index (χ3n) is 3.30. The summed E-state index contributed by atoms with van der Waals surface area (Å²) < 4.78 is 21.2. The van der Waals surface area contributed by atoms with Crippen LogP contribution in [-0.4, -0.2) is 33.0 Å². The maximum absolute atomic E-state index is 10.2. The van der Waals surface area contributed by atoms with Crippen molar-refractivity contribution in [1.82, 2.24) is 0 Å². The van der Waals surface area contributed by atoms with E-state index in [9.17, 15) is 5.11 Å². The lowest BCUT2D eigenvalue weighted by Crippen LogP contribution is -2.01. The van der Waals surface area contributed by atoms with E-state index in [1.54, 1.807) is 12.1 Å². The smallest absolute Gasteiger partial charge is 0.203 e. The third-order valence-corrected chi connectivity index (χ3v) is 3.30. The van der Waals surface area contributed by atoms with Crippen molar-refractivity contribution in [3.8, 4) is 34.8 Å². The topological polar surface area (TPSA) is 57.2 Å². The molecule has 0 radical (unpaired) electrons. The third kappa shape index (κ3) is 4.34. The molecule has 0 aliphatic carbocycles. The van der Waals surface area contributed by atoms with Crippen LogP contribution < -0.4 is 18.9 Å². The van der Waals surface area contributed by atoms with Crippen molar-refractivity contribution in [3.05, 3.63) is 48.0 Å². The molecule has 0 aromatic heterocycles. The summed E-state index contributed by atoms with van der Waals surface area (Å²) in [4.78, 5) is 0. The molecule has 0 saturated heterocycles. The molecule has 0 heterocycles. The molecular formula is C19H20O5. The van der Waals surface area contributed by atoms with Gasteiger partial charge in [0.2, 0.25) is 5.75 Å². The largest absolute Gasteiger partial charge is 0.493 e. The number of aliphatic hydroxyl groups is 1. The van der Waals surface area contributed by atoms with Crippen LogP contribution in [0.3, 0.4) is 0 Å². The lowest BCUT2D eigenvalue weighted by Gasteiger charge is -2.14. The summed E-state index contributed by atoms with van der Waals surface area (Å²) in [5.41, 5.74) is 0.553. The van der Waals surface area contributed by atoms with E-state index in [4.69, 9.17) is 18.9 Å². The first-order valence-corrected chi connectivity index (χ1v) is 7.33. The maximum atomic E-state index is 10.2. The highest BCUT2D eigenvalue weighted by Crippen LogP contribution is 2.39. The molecule has 126 valence electrons. The zero-order valence-corrected chi connectivity index (χ0v) is 13.9. The molecule has 1 unspecified atom stereocenters. The highest BCUT2D eigenvalue weighted by atomic mass is 16.5. The Kier molecular flexibility index (Phi) is 6.35. The molecule has 5 heteroatoms. The molecule has 1 N–H and O–H groups in total. The minimum absolute atomic E-state index is 0.186. The Morgan fingerprint density at radius 3 is 2.12 bits per heavy atom. The van der Waals surface area contributed by atoms with Crippen LogP contribution in [0.5, 0.6) is 23.0 Å². The summed E-state index contributed by atoms with van der Waals surface area (Å²) in [7, 11) is 4.57. The number of aliphatic hydroxyl groups excluding tert-OH is 1. The molecule has 2 aromatic carbocycles. The Morgan fingerprint density at radius 1 is 0.958 bits per heavy atom. The van der Waals surface area contributed by atoms with Crippen molar-refractivity contribution in [1.29, 1.82) is 0 Å². The molecule has 1 atom stereocenters. The molecule has 0 bridgehead atoms. The first-order chi connectivity index (χ1) is 11.7. The summed E-state index contributed by atoms with van der Waals surface area (Å²) in [6.45, 7) is 0.186. The standard InChI is InChI=1S/C19H20O5/c1-21-17-12-14(13-18(22-2)19(17)23-3)16(20)10-7-11-24-15-8-5-4-6-9-15/h4-6,8-9,12-13,16,20H,11H2,1-3H3. The van der Waals surface area contributed by atoms with Crippen LogP contribution >= 0.6 is 0 Å². The van der Waals surface area contributed by atoms with Crippen molar-refractivity contribution in [2.45, 2.75) is 6.10 Å². The van der Waals surface area contributed by atoms with Gasteiger partial charge >= 0.3 is 0 Å². The number of hydrogen-bond donors (Lipinski definition) is 1. The predicted molar refractivity (Wildman–Crippen MR) is 90.8 cm³/mol. The Bertz CT molecular complexity index is 691. The molecule has 0 fully saturated rings. The number of methoxy groups -OCH3 is 3. The van der Waals surface area contributed by atoms with Crippen LogP contribution in [0.4, 0.5) is 0 Å². The monoisotopic (exact) mass is 328 g/mol. The van der Waals surface area contributed by atoms with Crippen LogP contribution in [0.2, 0.25) is 0 Å². The molecule has 0 amide bonds. The van der Waals surface area contributed by atoms with E-state index in [0.717, 1.165) is 5.75 Å². The minimum atomic E-state index is -0.988. The number of ether oxygens (including phenoxy) is 4. The molecule has 2 aromatic rings. The summed E-state index contributed by atoms with van der Waals surface area (Å²) in [6, 6.07) is 12.7. The normalized spacial score (nSPS) is 11.0. The lowest BCUT2D eigenvalue weighted by atomic mass is 10.1. The van der Waals surface area contributed by atoms with Gasteiger partial charge in [-0.2, -0.15) is 0 Å². The fourth-order valence-electron chi connectivity index (χ4n) is 2.12. The van der Waals surface area contributed by atoms with Crippen molar-refractivity contribution in [2.75, 3.05) is 27.9 Å². The van der Waals surface area contributed by atoms with Crippen LogP contribution in [0.15, 0.2) is 42.5 Å². The van der Waals surface area contributed by atoms with Gasteiger partial charge in [0.15, 0.2) is 11.5 Å². The number of para-hydroxylation sites is 1. The number of rotatable bonds is 6. The molecule has 24 heavy (non-hydrogen) atoms. The SMILES string of the molecule is COc1cc(C(O)C#CCOc2ccccc2)cc(OC)c1OC. The molecule has 0 saturated carbocycles. The summed E-state index contributed by atoms with van der Waals surface area (Å²) >= 11 is 0. The summed E-state index contributed by atoms with van der Waals surface area (Å²) in [5, 5.41) is 10.2. The fourth-order valence-corrected chi connectivity index (χ4v) is 2.12. The van der Waals surface area contributed by atoms with Gasteiger partial charge in [0, 0.05) is 5.56 Å². The van der Waals surface area contributed by atoms with Gasteiger partial charge in [-0.3, -0.25) is 0 Å². The van der Waals surface area contributed by atoms with Crippen LogP contribution in [-0.2, 0) is 0 Å². The first-order valence-electron chi connectivity index (χ1n) is 7.33. The highest BCUT2D eigenvalue weighted by Gasteiger charge is 2.16. The summed E-state index contributed by atoms with van der Waals surface area (Å²) in [6.07, 6.45) is -0.988. The van der Waals surface area contributed by atoms with Gasteiger partial charge in [-0.25, -0.2) is 0 Å². The zero-order chi connectivity index (χ0) is 17.4. The Labute approximate surface area is 141 Å². The fraction of sp³-hybridized carbons (Fsp3) is 0.263. The van der Waals surface area contributed by atoms with Gasteiger partial charge in [0.05, 0.1) is 21.3 Å². The van der Waals surface area contributed by atoms with Gasteiger partial charge < -0.3 is 24.1 Å². The molecule has 5 nitrogen and oxygen atoms in total. The average Bonchev–Trinajstić information content (AvgIpc) is 2.64. The second-order valence-electron chi connectivity index (χ2n) is 4.78.